The molecule has 0 amide bonds. The zero-order chi connectivity index (χ0) is 13.4. The summed E-state index contributed by atoms with van der Waals surface area (Å²) in [6.45, 7) is 0. The predicted molar refractivity (Wildman–Crippen MR) is 48.3 cm³/mol. The van der Waals surface area contributed by atoms with Gasteiger partial charge in [-0.15, -0.1) is 4.49 Å². The Kier molecular flexibility index (Phi) is 4.74. The van der Waals surface area contributed by atoms with Gasteiger partial charge in [-0.2, -0.15) is 16.8 Å². The third-order valence-corrected chi connectivity index (χ3v) is 6.72. The van der Waals surface area contributed by atoms with Gasteiger partial charge in [-0.3, -0.25) is 9.11 Å². The minimum atomic E-state index is -5.70. The van der Waals surface area contributed by atoms with Crippen LogP contribution in [0.5, 0.6) is 0 Å². The highest BCUT2D eigenvalue weighted by atomic mass is 32.3. The molecule has 1 unspecified atom stereocenters. The predicted octanol–water partition coefficient (Wildman–Crippen LogP) is -2.84. The Morgan fingerprint density at radius 2 is 1.56 bits per heavy atom. The second-order valence-corrected chi connectivity index (χ2v) is 7.93. The van der Waals surface area contributed by atoms with Crippen LogP contribution in [0.25, 0.3) is 0 Å². The second kappa shape index (κ2) is 4.73. The number of nitrogens with zero attached hydrogens (tertiary/aromatic N) is 1. The number of hydrogen-bond acceptors (Lipinski definition) is 6. The van der Waals surface area contributed by atoms with E-state index < -0.39 is 42.6 Å². The van der Waals surface area contributed by atoms with Gasteiger partial charge in [-0.05, 0) is 0 Å². The summed E-state index contributed by atoms with van der Waals surface area (Å²) >= 11 is -3.78. The summed E-state index contributed by atoms with van der Waals surface area (Å²) in [5, 5.41) is 0. The topological polar surface area (TPSA) is 199 Å². The number of rotatable bonds is 5. The van der Waals surface area contributed by atoms with Crippen LogP contribution in [-0.2, 0) is 36.3 Å². The Bertz CT molecular complexity index is 520. The molecule has 0 saturated heterocycles. The average molecular weight is 320 g/mol. The van der Waals surface area contributed by atoms with Crippen LogP contribution < -0.4 is 4.49 Å². The van der Waals surface area contributed by atoms with Crippen molar-refractivity contribution in [3.8, 4) is 0 Å². The molecule has 0 aromatic carbocycles. The molecule has 12 nitrogen and oxygen atoms in total. The van der Waals surface area contributed by atoms with Gasteiger partial charge in [0.05, 0.1) is 3.12 Å². The van der Waals surface area contributed by atoms with E-state index in [1.807, 2.05) is 0 Å². The minimum absolute atomic E-state index is 0.456. The van der Waals surface area contributed by atoms with Gasteiger partial charge < -0.3 is 9.79 Å². The van der Waals surface area contributed by atoms with Crippen molar-refractivity contribution in [3.63, 3.8) is 0 Å². The molecular weight excluding hydrogens is 315 g/mol. The number of hydrogen-bond donors (Lipinski definition) is 5. The van der Waals surface area contributed by atoms with Crippen molar-refractivity contribution in [1.82, 2.24) is 7.61 Å². The van der Waals surface area contributed by atoms with Crippen LogP contribution >= 0.6 is 7.75 Å². The van der Waals surface area contributed by atoms with E-state index >= 15 is 0 Å². The average Bonchev–Trinajstić information content (AvgIpc) is 1.70. The molecule has 0 bridgehead atoms. The first-order chi connectivity index (χ1) is 6.77. The van der Waals surface area contributed by atoms with Gasteiger partial charge in [0.15, 0.2) is 0 Å². The third-order valence-electron chi connectivity index (χ3n) is 0.746. The fourth-order valence-electron chi connectivity index (χ4n) is 0.472. The van der Waals surface area contributed by atoms with Crippen LogP contribution in [0.2, 0.25) is 0 Å². The first-order valence-electron chi connectivity index (χ1n) is 2.76. The molecule has 0 aromatic rings. The largest absolute Gasteiger partial charge is 0.414 e. The normalized spacial score (nSPS) is 16.3. The molecule has 0 radical (unpaired) electrons. The minimum Gasteiger partial charge on any atom is -0.312 e. The van der Waals surface area contributed by atoms with Crippen LogP contribution in [0.3, 0.4) is 0 Å². The quantitative estimate of drug-likeness (QED) is 0.199. The van der Waals surface area contributed by atoms with Crippen LogP contribution in [0.15, 0.2) is 0 Å². The summed E-state index contributed by atoms with van der Waals surface area (Å²) < 4.78 is 78.5. The van der Waals surface area contributed by atoms with E-state index in [2.05, 4.69) is 0 Å². The zero-order valence-electron chi connectivity index (χ0n) is 6.86. The van der Waals surface area contributed by atoms with E-state index in [1.165, 1.54) is 0 Å². The molecule has 16 heteroatoms. The lowest BCUT2D eigenvalue weighted by Crippen LogP contribution is -2.43. The van der Waals surface area contributed by atoms with Crippen LogP contribution in [0, 0.1) is 0 Å². The maximum atomic E-state index is 10.9. The lowest BCUT2D eigenvalue weighted by atomic mass is 13.8. The van der Waals surface area contributed by atoms with Crippen molar-refractivity contribution in [2.45, 2.75) is 0 Å². The third kappa shape index (κ3) is 4.91. The molecule has 0 fully saturated rings. The van der Waals surface area contributed by atoms with Gasteiger partial charge in [0.2, 0.25) is 0 Å². The first-order valence-corrected chi connectivity index (χ1v) is 8.27. The Hall–Kier alpha value is 0.0400. The summed E-state index contributed by atoms with van der Waals surface area (Å²) in [7, 11) is -16.8. The van der Waals surface area contributed by atoms with Gasteiger partial charge in [-0.1, -0.05) is 0 Å². The number of nitrogens with one attached hydrogen (secondary N) is 1. The molecule has 5 N–H and O–H groups in total. The summed E-state index contributed by atoms with van der Waals surface area (Å²) in [5.41, 5.74) is 0. The van der Waals surface area contributed by atoms with Crippen molar-refractivity contribution in [2.75, 3.05) is 0 Å². The van der Waals surface area contributed by atoms with Crippen molar-refractivity contribution in [2.24, 2.45) is 0 Å². The van der Waals surface area contributed by atoms with Crippen molar-refractivity contribution < 1.29 is 44.5 Å². The fourth-order valence-corrected chi connectivity index (χ4v) is 4.85. The molecule has 0 rings (SSSR count). The molecule has 0 heterocycles. The van der Waals surface area contributed by atoms with Gasteiger partial charge in [0.1, 0.15) is 0 Å². The smallest absolute Gasteiger partial charge is 0.312 e. The molecule has 98 valence electrons. The highest BCUT2D eigenvalue weighted by Gasteiger charge is 2.41. The molecule has 0 aliphatic carbocycles. The highest BCUT2D eigenvalue weighted by molar-refractivity contribution is 8.13. The van der Waals surface area contributed by atoms with Crippen molar-refractivity contribution in [1.29, 1.82) is 0 Å². The summed E-state index contributed by atoms with van der Waals surface area (Å²) in [4.78, 5) is 16.4. The summed E-state index contributed by atoms with van der Waals surface area (Å²) in [6.07, 6.45) is 0. The van der Waals surface area contributed by atoms with Gasteiger partial charge >= 0.3 is 28.3 Å². The van der Waals surface area contributed by atoms with E-state index in [1.54, 1.807) is 0 Å². The first kappa shape index (κ1) is 16.0. The van der Waals surface area contributed by atoms with E-state index in [-0.39, 0.29) is 0 Å². The Labute approximate surface area is 92.0 Å². The molecule has 0 aromatic heterocycles. The fraction of sp³-hybridized carbons (Fsp3) is 0. The van der Waals surface area contributed by atoms with Crippen LogP contribution in [0.4, 0.5) is 0 Å². The summed E-state index contributed by atoms with van der Waals surface area (Å²) in [5.74, 6) is 0. The van der Waals surface area contributed by atoms with Gasteiger partial charge in [0, 0.05) is 0 Å². The van der Waals surface area contributed by atoms with E-state index in [0.29, 0.717) is 4.49 Å². The molecule has 0 spiro atoms. The van der Waals surface area contributed by atoms with E-state index in [0.717, 1.165) is 0 Å². The highest BCUT2D eigenvalue weighted by Crippen LogP contribution is 2.31. The molecule has 1 atom stereocenters. The molecule has 0 saturated carbocycles. The lowest BCUT2D eigenvalue weighted by molar-refractivity contribution is 0.367. The molecule has 0 aliphatic heterocycles. The van der Waals surface area contributed by atoms with E-state index in [9.17, 15) is 25.6 Å². The maximum Gasteiger partial charge on any atom is 0.414 e. The molecule has 0 aliphatic rings. The molecular formula is H5N2O10PS3. The SMILES string of the molecule is O=S(O)N(S(=O)(=O)O)S(=O)(=O)NP(=O)(O)O. The van der Waals surface area contributed by atoms with Crippen LogP contribution in [0.1, 0.15) is 0 Å². The Balaban J connectivity index is 5.61. The lowest BCUT2D eigenvalue weighted by Gasteiger charge is -2.14. The van der Waals surface area contributed by atoms with Crippen LogP contribution in [-0.4, -0.2) is 43.1 Å². The van der Waals surface area contributed by atoms with Crippen molar-refractivity contribution >= 4 is 39.5 Å². The Morgan fingerprint density at radius 3 is 1.75 bits per heavy atom. The Morgan fingerprint density at radius 1 is 1.19 bits per heavy atom. The monoisotopic (exact) mass is 320 g/mol. The molecule has 16 heavy (non-hydrogen) atoms. The summed E-state index contributed by atoms with van der Waals surface area (Å²) in [6, 6.07) is 0. The second-order valence-electron chi connectivity index (χ2n) is 2.01. The standard InChI is InChI=1S/H5N2O10PS3/c3-13(4,5)1-15(8,9)2(14(6)7)16(10,11)12/h(H,6,7)(H,10,11,12)(H3,1,3,4,5). The maximum absolute atomic E-state index is 10.9. The van der Waals surface area contributed by atoms with Gasteiger partial charge in [-0.25, -0.2) is 8.77 Å². The van der Waals surface area contributed by atoms with Gasteiger partial charge in [0.25, 0.3) is 11.3 Å². The van der Waals surface area contributed by atoms with Crippen molar-refractivity contribution in [3.05, 3.63) is 0 Å². The van der Waals surface area contributed by atoms with E-state index in [4.69, 9.17) is 18.9 Å². The zero-order valence-corrected chi connectivity index (χ0v) is 10.2.